The number of hydrogen-bond acceptors (Lipinski definition) is 3. The fraction of sp³-hybridized carbons (Fsp3) is 0.562. The molecule has 0 bridgehead atoms. The van der Waals surface area contributed by atoms with Crippen LogP contribution in [0.4, 0.5) is 4.79 Å². The van der Waals surface area contributed by atoms with Crippen molar-refractivity contribution in [1.29, 1.82) is 0 Å². The van der Waals surface area contributed by atoms with E-state index in [-0.39, 0.29) is 17.8 Å². The summed E-state index contributed by atoms with van der Waals surface area (Å²) < 4.78 is 25.2. The normalized spacial score (nSPS) is 16.6. The number of carbonyl (C=O) groups excluding carboxylic acids is 1. The largest absolute Gasteiger partial charge is 0.335 e. The highest BCUT2D eigenvalue weighted by molar-refractivity contribution is 7.89. The Morgan fingerprint density at radius 3 is 2.56 bits per heavy atom. The number of piperidine rings is 1. The van der Waals surface area contributed by atoms with Crippen LogP contribution in [-0.4, -0.2) is 55.6 Å². The van der Waals surface area contributed by atoms with E-state index in [0.717, 1.165) is 5.56 Å². The molecule has 2 rings (SSSR count). The van der Waals surface area contributed by atoms with Gasteiger partial charge in [-0.25, -0.2) is 17.5 Å². The second kappa shape index (κ2) is 8.58. The summed E-state index contributed by atoms with van der Waals surface area (Å²) in [4.78, 5) is 13.9. The standard InChI is InChI=1S/C16H23Cl2N3O3S/c1-3-25(23,24)21-9-7-13(8-10-21)19-16(22)20(2)11-12-5-4-6-14(17)15(12)18/h4-6,13H,3,7-11H2,1-2H3,(H,19,22). The van der Waals surface area contributed by atoms with E-state index in [4.69, 9.17) is 23.2 Å². The first-order valence-corrected chi connectivity index (χ1v) is 10.5. The van der Waals surface area contributed by atoms with E-state index in [1.54, 1.807) is 26.1 Å². The lowest BCUT2D eigenvalue weighted by molar-refractivity contribution is 0.195. The van der Waals surface area contributed by atoms with Crippen molar-refractivity contribution < 1.29 is 13.2 Å². The average Bonchev–Trinajstić information content (AvgIpc) is 2.59. The van der Waals surface area contributed by atoms with Gasteiger partial charge >= 0.3 is 6.03 Å². The molecule has 1 aromatic carbocycles. The molecule has 1 N–H and O–H groups in total. The van der Waals surface area contributed by atoms with Crippen molar-refractivity contribution in [3.8, 4) is 0 Å². The average molecular weight is 408 g/mol. The Balaban J connectivity index is 1.87. The van der Waals surface area contributed by atoms with E-state index in [9.17, 15) is 13.2 Å². The molecule has 1 fully saturated rings. The number of nitrogens with one attached hydrogen (secondary N) is 1. The number of hydrogen-bond donors (Lipinski definition) is 1. The highest BCUT2D eigenvalue weighted by Crippen LogP contribution is 2.26. The van der Waals surface area contributed by atoms with Gasteiger partial charge in [-0.3, -0.25) is 0 Å². The molecule has 1 aliphatic rings. The van der Waals surface area contributed by atoms with E-state index in [0.29, 0.717) is 42.5 Å². The molecule has 0 aliphatic carbocycles. The van der Waals surface area contributed by atoms with Gasteiger partial charge < -0.3 is 10.2 Å². The number of urea groups is 1. The molecule has 1 heterocycles. The maximum atomic E-state index is 12.4. The van der Waals surface area contributed by atoms with E-state index in [2.05, 4.69) is 5.32 Å². The third kappa shape index (κ3) is 5.23. The van der Waals surface area contributed by atoms with Crippen LogP contribution < -0.4 is 5.32 Å². The van der Waals surface area contributed by atoms with Gasteiger partial charge in [0.25, 0.3) is 0 Å². The Labute approximate surface area is 159 Å². The SMILES string of the molecule is CCS(=O)(=O)N1CCC(NC(=O)N(C)Cc2cccc(Cl)c2Cl)CC1. The molecular weight excluding hydrogens is 385 g/mol. The molecule has 25 heavy (non-hydrogen) atoms. The first kappa shape index (κ1) is 20.3. The van der Waals surface area contributed by atoms with Gasteiger partial charge in [0, 0.05) is 32.7 Å². The Morgan fingerprint density at radius 2 is 1.96 bits per heavy atom. The molecule has 0 saturated carbocycles. The summed E-state index contributed by atoms with van der Waals surface area (Å²) in [6, 6.07) is 5.07. The van der Waals surface area contributed by atoms with E-state index in [1.165, 1.54) is 9.21 Å². The molecule has 1 aromatic rings. The van der Waals surface area contributed by atoms with Gasteiger partial charge in [-0.1, -0.05) is 35.3 Å². The fourth-order valence-electron chi connectivity index (χ4n) is 2.74. The Hall–Kier alpha value is -1.02. The Bertz CT molecular complexity index is 719. The lowest BCUT2D eigenvalue weighted by atomic mass is 10.1. The van der Waals surface area contributed by atoms with Crippen LogP contribution in [0, 0.1) is 0 Å². The van der Waals surface area contributed by atoms with E-state index < -0.39 is 10.0 Å². The second-order valence-electron chi connectivity index (χ2n) is 6.09. The molecule has 0 radical (unpaired) electrons. The van der Waals surface area contributed by atoms with Crippen molar-refractivity contribution in [1.82, 2.24) is 14.5 Å². The summed E-state index contributed by atoms with van der Waals surface area (Å²) in [6.45, 7) is 2.85. The van der Waals surface area contributed by atoms with Crippen molar-refractivity contribution in [2.24, 2.45) is 0 Å². The quantitative estimate of drug-likeness (QED) is 0.815. The molecule has 1 saturated heterocycles. The lowest BCUT2D eigenvalue weighted by Gasteiger charge is -2.32. The van der Waals surface area contributed by atoms with Gasteiger partial charge in [-0.15, -0.1) is 0 Å². The van der Waals surface area contributed by atoms with Crippen LogP contribution in [0.25, 0.3) is 0 Å². The van der Waals surface area contributed by atoms with Crippen LogP contribution in [0.15, 0.2) is 18.2 Å². The van der Waals surface area contributed by atoms with Gasteiger partial charge in [0.15, 0.2) is 0 Å². The molecule has 0 atom stereocenters. The van der Waals surface area contributed by atoms with Crippen LogP contribution >= 0.6 is 23.2 Å². The zero-order valence-electron chi connectivity index (χ0n) is 14.3. The van der Waals surface area contributed by atoms with Crippen molar-refractivity contribution in [2.45, 2.75) is 32.4 Å². The molecular formula is C16H23Cl2N3O3S. The second-order valence-corrected chi connectivity index (χ2v) is 9.14. The predicted molar refractivity (Wildman–Crippen MR) is 101 cm³/mol. The summed E-state index contributed by atoms with van der Waals surface area (Å²) >= 11 is 12.1. The number of sulfonamides is 1. The molecule has 0 spiro atoms. The Kier molecular flexibility index (Phi) is 6.96. The fourth-order valence-corrected chi connectivity index (χ4v) is 4.26. The first-order valence-electron chi connectivity index (χ1n) is 8.17. The van der Waals surface area contributed by atoms with Gasteiger partial charge in [0.1, 0.15) is 0 Å². The minimum atomic E-state index is -3.16. The zero-order valence-corrected chi connectivity index (χ0v) is 16.7. The van der Waals surface area contributed by atoms with Crippen LogP contribution in [0.1, 0.15) is 25.3 Å². The molecule has 140 valence electrons. The third-order valence-electron chi connectivity index (χ3n) is 4.33. The molecule has 6 nitrogen and oxygen atoms in total. The number of nitrogens with zero attached hydrogens (tertiary/aromatic N) is 2. The van der Waals surface area contributed by atoms with Crippen LogP contribution in [0.5, 0.6) is 0 Å². The van der Waals surface area contributed by atoms with Gasteiger partial charge in [-0.2, -0.15) is 0 Å². The third-order valence-corrected chi connectivity index (χ3v) is 7.07. The van der Waals surface area contributed by atoms with Crippen LogP contribution in [-0.2, 0) is 16.6 Å². The highest BCUT2D eigenvalue weighted by Gasteiger charge is 2.28. The summed E-state index contributed by atoms with van der Waals surface area (Å²) in [5.74, 6) is 0.104. The monoisotopic (exact) mass is 407 g/mol. The van der Waals surface area contributed by atoms with E-state index >= 15 is 0 Å². The van der Waals surface area contributed by atoms with Crippen molar-refractivity contribution in [2.75, 3.05) is 25.9 Å². The smallest absolute Gasteiger partial charge is 0.317 e. The van der Waals surface area contributed by atoms with Crippen molar-refractivity contribution >= 4 is 39.3 Å². The van der Waals surface area contributed by atoms with Crippen LogP contribution in [0.2, 0.25) is 10.0 Å². The number of rotatable bonds is 5. The molecule has 0 unspecified atom stereocenters. The van der Waals surface area contributed by atoms with Crippen molar-refractivity contribution in [3.63, 3.8) is 0 Å². The lowest BCUT2D eigenvalue weighted by Crippen LogP contribution is -2.49. The summed E-state index contributed by atoms with van der Waals surface area (Å²) in [7, 11) is -1.47. The maximum Gasteiger partial charge on any atom is 0.317 e. The Morgan fingerprint density at radius 1 is 1.32 bits per heavy atom. The minimum Gasteiger partial charge on any atom is -0.335 e. The molecule has 9 heteroatoms. The first-order chi connectivity index (χ1) is 11.7. The summed E-state index contributed by atoms with van der Waals surface area (Å²) in [6.07, 6.45) is 1.22. The summed E-state index contributed by atoms with van der Waals surface area (Å²) in [5, 5.41) is 3.85. The summed E-state index contributed by atoms with van der Waals surface area (Å²) in [5.41, 5.74) is 0.774. The van der Waals surface area contributed by atoms with Gasteiger partial charge in [0.05, 0.1) is 15.8 Å². The van der Waals surface area contributed by atoms with Gasteiger partial charge in [0.2, 0.25) is 10.0 Å². The number of carbonyl (C=O) groups is 1. The predicted octanol–water partition coefficient (Wildman–Crippen LogP) is 2.95. The molecule has 2 amide bonds. The van der Waals surface area contributed by atoms with Crippen LogP contribution in [0.3, 0.4) is 0 Å². The topological polar surface area (TPSA) is 69.7 Å². The zero-order chi connectivity index (χ0) is 18.6. The molecule has 0 aromatic heterocycles. The minimum absolute atomic E-state index is 0.0342. The highest BCUT2D eigenvalue weighted by atomic mass is 35.5. The van der Waals surface area contributed by atoms with Gasteiger partial charge in [-0.05, 0) is 31.4 Å². The molecule has 1 aliphatic heterocycles. The number of amides is 2. The van der Waals surface area contributed by atoms with Crippen molar-refractivity contribution in [3.05, 3.63) is 33.8 Å². The number of benzene rings is 1. The number of halogens is 2. The van der Waals surface area contributed by atoms with E-state index in [1.807, 2.05) is 6.07 Å². The maximum absolute atomic E-state index is 12.4.